The van der Waals surface area contributed by atoms with Gasteiger partial charge in [-0.2, -0.15) is 0 Å². The van der Waals surface area contributed by atoms with Gasteiger partial charge in [0.25, 0.3) is 0 Å². The third kappa shape index (κ3) is 3.52. The highest BCUT2D eigenvalue weighted by atomic mass is 35.5. The van der Waals surface area contributed by atoms with Gasteiger partial charge in [0.1, 0.15) is 5.75 Å². The fraction of sp³-hybridized carbons (Fsp3) is 0.133. The second kappa shape index (κ2) is 6.41. The van der Waals surface area contributed by atoms with Crippen molar-refractivity contribution in [2.24, 2.45) is 0 Å². The van der Waals surface area contributed by atoms with Crippen LogP contribution in [0.2, 0.25) is 10.0 Å². The van der Waals surface area contributed by atoms with Gasteiger partial charge in [-0.3, -0.25) is 4.79 Å². The van der Waals surface area contributed by atoms with Crippen LogP contribution in [0.4, 0.5) is 8.78 Å². The number of carbonyl (C=O) groups is 1. The molecule has 2 nitrogen and oxygen atoms in total. The Hall–Kier alpha value is -1.65. The normalized spacial score (nSPS) is 10.5. The molecule has 0 aromatic heterocycles. The molecule has 2 aromatic carbocycles. The predicted molar refractivity (Wildman–Crippen MR) is 77.4 cm³/mol. The van der Waals surface area contributed by atoms with Crippen LogP contribution in [0.5, 0.6) is 5.75 Å². The van der Waals surface area contributed by atoms with E-state index < -0.39 is 11.6 Å². The van der Waals surface area contributed by atoms with Crippen LogP contribution >= 0.6 is 23.2 Å². The summed E-state index contributed by atoms with van der Waals surface area (Å²) in [6, 6.07) is 6.12. The fourth-order valence-electron chi connectivity index (χ4n) is 1.83. The Kier molecular flexibility index (Phi) is 4.80. The van der Waals surface area contributed by atoms with Crippen molar-refractivity contribution in [3.05, 3.63) is 63.1 Å². The number of ether oxygens (including phenoxy) is 1. The van der Waals surface area contributed by atoms with Gasteiger partial charge in [0.2, 0.25) is 0 Å². The van der Waals surface area contributed by atoms with Crippen LogP contribution in [-0.4, -0.2) is 12.9 Å². The van der Waals surface area contributed by atoms with Crippen LogP contribution in [0.3, 0.4) is 0 Å². The molecule has 0 spiro atoms. The number of methoxy groups -OCH3 is 1. The molecule has 2 aromatic rings. The Labute approximate surface area is 130 Å². The summed E-state index contributed by atoms with van der Waals surface area (Å²) < 4.78 is 31.0. The maximum atomic E-state index is 13.1. The van der Waals surface area contributed by atoms with Crippen molar-refractivity contribution in [3.63, 3.8) is 0 Å². The van der Waals surface area contributed by atoms with E-state index in [2.05, 4.69) is 0 Å². The van der Waals surface area contributed by atoms with Crippen molar-refractivity contribution in [2.45, 2.75) is 6.42 Å². The predicted octanol–water partition coefficient (Wildman–Crippen LogP) is 4.71. The number of hydrogen-bond donors (Lipinski definition) is 0. The Bertz CT molecular complexity index is 702. The maximum absolute atomic E-state index is 13.1. The first-order valence-corrected chi connectivity index (χ1v) is 6.68. The zero-order valence-electron chi connectivity index (χ0n) is 10.9. The molecule has 0 saturated carbocycles. The topological polar surface area (TPSA) is 26.3 Å². The van der Waals surface area contributed by atoms with Gasteiger partial charge in [-0.15, -0.1) is 0 Å². The van der Waals surface area contributed by atoms with E-state index in [4.69, 9.17) is 27.9 Å². The van der Waals surface area contributed by atoms with Crippen LogP contribution in [0.1, 0.15) is 15.9 Å². The van der Waals surface area contributed by atoms with Gasteiger partial charge in [-0.25, -0.2) is 8.78 Å². The molecular formula is C15H10Cl2F2O2. The lowest BCUT2D eigenvalue weighted by atomic mass is 10.0. The minimum absolute atomic E-state index is 0.112. The van der Waals surface area contributed by atoms with Crippen molar-refractivity contribution < 1.29 is 18.3 Å². The van der Waals surface area contributed by atoms with Gasteiger partial charge in [0.05, 0.1) is 17.2 Å². The Balaban J connectivity index is 2.28. The van der Waals surface area contributed by atoms with Crippen molar-refractivity contribution >= 4 is 29.0 Å². The molecule has 2 rings (SSSR count). The van der Waals surface area contributed by atoms with Gasteiger partial charge in [0.15, 0.2) is 17.4 Å². The highest BCUT2D eigenvalue weighted by Crippen LogP contribution is 2.31. The number of rotatable bonds is 4. The smallest absolute Gasteiger partial charge is 0.168 e. The van der Waals surface area contributed by atoms with Crippen molar-refractivity contribution in [2.75, 3.05) is 7.11 Å². The average Bonchev–Trinajstić information content (AvgIpc) is 2.44. The van der Waals surface area contributed by atoms with Crippen LogP contribution in [0.15, 0.2) is 30.3 Å². The highest BCUT2D eigenvalue weighted by molar-refractivity contribution is 6.36. The van der Waals surface area contributed by atoms with Crippen LogP contribution in [0.25, 0.3) is 0 Å². The van der Waals surface area contributed by atoms with E-state index in [1.165, 1.54) is 25.3 Å². The second-order valence-electron chi connectivity index (χ2n) is 4.32. The summed E-state index contributed by atoms with van der Waals surface area (Å²) in [5.41, 5.74) is 0.550. The molecule has 0 aliphatic rings. The monoisotopic (exact) mass is 330 g/mol. The number of ketones is 1. The zero-order valence-corrected chi connectivity index (χ0v) is 12.4. The minimum atomic E-state index is -1.00. The summed E-state index contributed by atoms with van der Waals surface area (Å²) in [5, 5.41) is 0.430. The molecule has 0 atom stereocenters. The molecule has 0 unspecified atom stereocenters. The van der Waals surface area contributed by atoms with E-state index in [1.54, 1.807) is 0 Å². The molecule has 6 heteroatoms. The summed E-state index contributed by atoms with van der Waals surface area (Å²) in [5.74, 6) is -1.96. The molecule has 0 N–H and O–H groups in total. The molecule has 0 aliphatic heterocycles. The van der Waals surface area contributed by atoms with Crippen molar-refractivity contribution in [1.82, 2.24) is 0 Å². The summed E-state index contributed by atoms with van der Waals surface area (Å²) in [6.45, 7) is 0. The number of Topliss-reactive ketones (excluding diaryl/α,β-unsaturated/α-hetero) is 1. The van der Waals surface area contributed by atoms with Crippen molar-refractivity contribution in [3.8, 4) is 5.75 Å². The lowest BCUT2D eigenvalue weighted by Crippen LogP contribution is -2.05. The van der Waals surface area contributed by atoms with Gasteiger partial charge in [0, 0.05) is 18.1 Å². The number of hydrogen-bond acceptors (Lipinski definition) is 2. The number of benzene rings is 2. The Morgan fingerprint density at radius 2 is 1.81 bits per heavy atom. The SMILES string of the molecule is COc1cc(Cl)c(C(=O)Cc2ccc(F)c(F)c2)cc1Cl. The molecule has 0 heterocycles. The highest BCUT2D eigenvalue weighted by Gasteiger charge is 2.15. The molecule has 0 fully saturated rings. The second-order valence-corrected chi connectivity index (χ2v) is 5.13. The molecule has 0 saturated heterocycles. The van der Waals surface area contributed by atoms with E-state index in [-0.39, 0.29) is 27.8 Å². The van der Waals surface area contributed by atoms with Gasteiger partial charge < -0.3 is 4.74 Å². The van der Waals surface area contributed by atoms with E-state index in [0.717, 1.165) is 12.1 Å². The Morgan fingerprint density at radius 3 is 2.43 bits per heavy atom. The molecule has 0 radical (unpaired) electrons. The third-order valence-corrected chi connectivity index (χ3v) is 3.50. The molecular weight excluding hydrogens is 321 g/mol. The maximum Gasteiger partial charge on any atom is 0.168 e. The largest absolute Gasteiger partial charge is 0.495 e. The summed E-state index contributed by atoms with van der Waals surface area (Å²) >= 11 is 12.0. The number of halogens is 4. The lowest BCUT2D eigenvalue weighted by Gasteiger charge is -2.08. The van der Waals surface area contributed by atoms with Crippen molar-refractivity contribution in [1.29, 1.82) is 0 Å². The van der Waals surface area contributed by atoms with E-state index in [0.29, 0.717) is 11.3 Å². The molecule has 110 valence electrons. The van der Waals surface area contributed by atoms with Gasteiger partial charge in [-0.1, -0.05) is 29.3 Å². The average molecular weight is 331 g/mol. The summed E-state index contributed by atoms with van der Waals surface area (Å²) in [4.78, 5) is 12.2. The fourth-order valence-corrected chi connectivity index (χ4v) is 2.33. The summed E-state index contributed by atoms with van der Waals surface area (Å²) in [7, 11) is 1.43. The quantitative estimate of drug-likeness (QED) is 0.759. The van der Waals surface area contributed by atoms with Gasteiger partial charge in [-0.05, 0) is 23.8 Å². The molecule has 0 amide bonds. The first kappa shape index (κ1) is 15.7. The van der Waals surface area contributed by atoms with Crippen LogP contribution in [0, 0.1) is 11.6 Å². The van der Waals surface area contributed by atoms with E-state index in [1.807, 2.05) is 0 Å². The third-order valence-electron chi connectivity index (χ3n) is 2.89. The molecule has 0 bridgehead atoms. The zero-order chi connectivity index (χ0) is 15.6. The van der Waals surface area contributed by atoms with E-state index in [9.17, 15) is 13.6 Å². The van der Waals surface area contributed by atoms with Crippen LogP contribution in [-0.2, 0) is 6.42 Å². The minimum Gasteiger partial charge on any atom is -0.495 e. The molecule has 21 heavy (non-hydrogen) atoms. The first-order valence-electron chi connectivity index (χ1n) is 5.92. The summed E-state index contributed by atoms with van der Waals surface area (Å²) in [6.07, 6.45) is -0.112. The van der Waals surface area contributed by atoms with Gasteiger partial charge >= 0.3 is 0 Å². The first-order chi connectivity index (χ1) is 9.92. The standard InChI is InChI=1S/C15H10Cl2F2O2/c1-21-15-7-10(16)9(6-11(15)17)14(20)5-8-2-3-12(18)13(19)4-8/h2-4,6-7H,5H2,1H3. The lowest BCUT2D eigenvalue weighted by molar-refractivity contribution is 0.0993. The Morgan fingerprint density at radius 1 is 1.10 bits per heavy atom. The van der Waals surface area contributed by atoms with E-state index >= 15 is 0 Å². The van der Waals surface area contributed by atoms with Crippen LogP contribution < -0.4 is 4.74 Å². The number of carbonyl (C=O) groups excluding carboxylic acids is 1. The molecule has 0 aliphatic carbocycles.